The lowest BCUT2D eigenvalue weighted by molar-refractivity contribution is 0.310. The lowest BCUT2D eigenvalue weighted by atomic mass is 9.83. The predicted octanol–water partition coefficient (Wildman–Crippen LogP) is 7.78. The number of unbranched alkanes of at least 4 members (excludes halogenated alkanes) is 3. The summed E-state index contributed by atoms with van der Waals surface area (Å²) in [5, 5.41) is 2.59. The van der Waals surface area contributed by atoms with Crippen LogP contribution in [0.2, 0.25) is 0 Å². The van der Waals surface area contributed by atoms with Crippen molar-refractivity contribution >= 4 is 16.3 Å². The Labute approximate surface area is 159 Å². The van der Waals surface area contributed by atoms with Crippen LogP contribution in [0.25, 0.3) is 16.3 Å². The van der Waals surface area contributed by atoms with Crippen molar-refractivity contribution in [3.8, 4) is 5.75 Å². The Morgan fingerprint density at radius 3 is 2.50 bits per heavy atom. The second-order valence-corrected chi connectivity index (χ2v) is 7.79. The zero-order chi connectivity index (χ0) is 18.2. The van der Waals surface area contributed by atoms with Gasteiger partial charge in [-0.1, -0.05) is 70.2 Å². The van der Waals surface area contributed by atoms with Gasteiger partial charge in [-0.3, -0.25) is 0 Å². The van der Waals surface area contributed by atoms with Gasteiger partial charge in [-0.25, -0.2) is 0 Å². The maximum Gasteiger partial charge on any atom is 0.119 e. The Hall–Kier alpha value is -1.76. The molecule has 1 heteroatoms. The second kappa shape index (κ2) is 9.80. The number of hydrogen-bond donors (Lipinski definition) is 0. The third-order valence-corrected chi connectivity index (χ3v) is 5.68. The molecule has 1 aliphatic rings. The summed E-state index contributed by atoms with van der Waals surface area (Å²) in [6, 6.07) is 13.4. The first-order valence-electron chi connectivity index (χ1n) is 10.7. The summed E-state index contributed by atoms with van der Waals surface area (Å²) in [6.07, 6.45) is 14.2. The summed E-state index contributed by atoms with van der Waals surface area (Å²) in [5.41, 5.74) is 2.95. The maximum atomic E-state index is 5.84. The standard InChI is InChI=1S/C25H34O/c1-3-5-7-8-20-9-11-21(12-10-20)22-13-14-24-19-25(26-17-6-4-2)16-15-23(24)18-22/h11,13-16,18-20H,3-10,12,17H2,1-2H3. The molecular formula is C25H34O. The highest BCUT2D eigenvalue weighted by molar-refractivity contribution is 5.87. The molecule has 1 atom stereocenters. The number of benzene rings is 2. The summed E-state index contributed by atoms with van der Waals surface area (Å²) in [5.74, 6) is 1.90. The molecule has 0 aliphatic heterocycles. The molecule has 0 radical (unpaired) electrons. The Balaban J connectivity index is 1.64. The van der Waals surface area contributed by atoms with Crippen LogP contribution in [0.15, 0.2) is 42.5 Å². The van der Waals surface area contributed by atoms with Gasteiger partial charge in [0.2, 0.25) is 0 Å². The zero-order valence-corrected chi connectivity index (χ0v) is 16.6. The summed E-state index contributed by atoms with van der Waals surface area (Å²) in [4.78, 5) is 0. The van der Waals surface area contributed by atoms with Crippen LogP contribution in [0.1, 0.15) is 77.2 Å². The van der Waals surface area contributed by atoms with E-state index in [9.17, 15) is 0 Å². The van der Waals surface area contributed by atoms with Gasteiger partial charge >= 0.3 is 0 Å². The van der Waals surface area contributed by atoms with Crippen molar-refractivity contribution in [1.82, 2.24) is 0 Å². The molecule has 1 nitrogen and oxygen atoms in total. The van der Waals surface area contributed by atoms with E-state index in [2.05, 4.69) is 56.3 Å². The van der Waals surface area contributed by atoms with Crippen molar-refractivity contribution in [1.29, 1.82) is 0 Å². The average Bonchev–Trinajstić information content (AvgIpc) is 2.68. The van der Waals surface area contributed by atoms with Gasteiger partial charge in [0.15, 0.2) is 0 Å². The van der Waals surface area contributed by atoms with Gasteiger partial charge in [0.05, 0.1) is 6.61 Å². The number of fused-ring (bicyclic) bond motifs is 1. The molecule has 1 aliphatic carbocycles. The lowest BCUT2D eigenvalue weighted by Gasteiger charge is -2.22. The molecule has 0 spiro atoms. The van der Waals surface area contributed by atoms with Gasteiger partial charge in [0, 0.05) is 0 Å². The minimum atomic E-state index is 0.812. The molecule has 1 unspecified atom stereocenters. The Morgan fingerprint density at radius 1 is 0.923 bits per heavy atom. The van der Waals surface area contributed by atoms with Crippen LogP contribution in [0.5, 0.6) is 5.75 Å². The van der Waals surface area contributed by atoms with Crippen LogP contribution in [0, 0.1) is 5.92 Å². The van der Waals surface area contributed by atoms with Crippen molar-refractivity contribution < 1.29 is 4.74 Å². The summed E-state index contributed by atoms with van der Waals surface area (Å²) in [7, 11) is 0. The van der Waals surface area contributed by atoms with E-state index in [-0.39, 0.29) is 0 Å². The van der Waals surface area contributed by atoms with E-state index in [0.29, 0.717) is 0 Å². The van der Waals surface area contributed by atoms with Crippen molar-refractivity contribution in [2.45, 2.75) is 71.6 Å². The lowest BCUT2D eigenvalue weighted by Crippen LogP contribution is -2.05. The molecule has 0 bridgehead atoms. The zero-order valence-electron chi connectivity index (χ0n) is 16.6. The van der Waals surface area contributed by atoms with E-state index in [1.165, 1.54) is 67.7 Å². The molecule has 0 fully saturated rings. The van der Waals surface area contributed by atoms with Gasteiger partial charge in [0.1, 0.15) is 5.75 Å². The van der Waals surface area contributed by atoms with Gasteiger partial charge in [-0.05, 0) is 71.7 Å². The molecule has 0 amide bonds. The molecule has 0 heterocycles. The fourth-order valence-corrected chi connectivity index (χ4v) is 3.94. The third kappa shape index (κ3) is 5.13. The highest BCUT2D eigenvalue weighted by Crippen LogP contribution is 2.34. The number of hydrogen-bond acceptors (Lipinski definition) is 1. The predicted molar refractivity (Wildman–Crippen MR) is 114 cm³/mol. The van der Waals surface area contributed by atoms with Crippen LogP contribution in [-0.4, -0.2) is 6.61 Å². The average molecular weight is 351 g/mol. The Morgan fingerprint density at radius 2 is 1.73 bits per heavy atom. The van der Waals surface area contributed by atoms with Crippen molar-refractivity contribution in [3.63, 3.8) is 0 Å². The SMILES string of the molecule is CCCCCC1CC=C(c2ccc3cc(OCCCC)ccc3c2)CC1. The van der Waals surface area contributed by atoms with Gasteiger partial charge in [0.25, 0.3) is 0 Å². The smallest absolute Gasteiger partial charge is 0.119 e. The fourth-order valence-electron chi connectivity index (χ4n) is 3.94. The van der Waals surface area contributed by atoms with Crippen LogP contribution < -0.4 is 4.74 Å². The van der Waals surface area contributed by atoms with Crippen LogP contribution in [0.3, 0.4) is 0 Å². The maximum absolute atomic E-state index is 5.84. The molecule has 26 heavy (non-hydrogen) atoms. The number of allylic oxidation sites excluding steroid dienone is 2. The summed E-state index contributed by atoms with van der Waals surface area (Å²) >= 11 is 0. The van der Waals surface area contributed by atoms with E-state index in [1.807, 2.05) is 0 Å². The minimum Gasteiger partial charge on any atom is -0.494 e. The van der Waals surface area contributed by atoms with E-state index in [1.54, 1.807) is 5.57 Å². The quantitative estimate of drug-likeness (QED) is 0.419. The number of rotatable bonds is 9. The second-order valence-electron chi connectivity index (χ2n) is 7.79. The first-order valence-corrected chi connectivity index (χ1v) is 10.7. The van der Waals surface area contributed by atoms with E-state index < -0.39 is 0 Å². The van der Waals surface area contributed by atoms with Crippen molar-refractivity contribution in [2.75, 3.05) is 6.61 Å². The van der Waals surface area contributed by atoms with Gasteiger partial charge in [-0.2, -0.15) is 0 Å². The molecule has 2 aromatic carbocycles. The molecule has 0 N–H and O–H groups in total. The summed E-state index contributed by atoms with van der Waals surface area (Å²) < 4.78 is 5.84. The molecule has 0 aromatic heterocycles. The van der Waals surface area contributed by atoms with Gasteiger partial charge < -0.3 is 4.74 Å². The Kier molecular flexibility index (Phi) is 7.17. The first-order chi connectivity index (χ1) is 12.8. The fraction of sp³-hybridized carbons (Fsp3) is 0.520. The molecule has 3 rings (SSSR count). The van der Waals surface area contributed by atoms with Crippen molar-refractivity contribution in [2.24, 2.45) is 5.92 Å². The molecular weight excluding hydrogens is 316 g/mol. The monoisotopic (exact) mass is 350 g/mol. The van der Waals surface area contributed by atoms with Crippen LogP contribution in [-0.2, 0) is 0 Å². The minimum absolute atomic E-state index is 0.812. The largest absolute Gasteiger partial charge is 0.494 e. The first kappa shape index (κ1) is 19.0. The third-order valence-electron chi connectivity index (χ3n) is 5.68. The van der Waals surface area contributed by atoms with Crippen LogP contribution >= 0.6 is 0 Å². The normalized spacial score (nSPS) is 17.3. The highest BCUT2D eigenvalue weighted by Gasteiger charge is 2.15. The highest BCUT2D eigenvalue weighted by atomic mass is 16.5. The Bertz CT molecular complexity index is 728. The molecule has 0 saturated carbocycles. The molecule has 2 aromatic rings. The molecule has 0 saturated heterocycles. The van der Waals surface area contributed by atoms with Crippen molar-refractivity contribution in [3.05, 3.63) is 48.0 Å². The van der Waals surface area contributed by atoms with E-state index in [4.69, 9.17) is 4.74 Å². The summed E-state index contributed by atoms with van der Waals surface area (Å²) in [6.45, 7) is 5.30. The van der Waals surface area contributed by atoms with Gasteiger partial charge in [-0.15, -0.1) is 0 Å². The molecule has 140 valence electrons. The van der Waals surface area contributed by atoms with E-state index in [0.717, 1.165) is 24.7 Å². The van der Waals surface area contributed by atoms with Crippen LogP contribution in [0.4, 0.5) is 0 Å². The van der Waals surface area contributed by atoms with E-state index >= 15 is 0 Å². The number of ether oxygens (including phenoxy) is 1. The topological polar surface area (TPSA) is 9.23 Å².